The Morgan fingerprint density at radius 2 is 1.67 bits per heavy atom. The molecule has 1 nitrogen and oxygen atoms in total. The fraction of sp³-hybridized carbons (Fsp3) is 0.0625. The molecule has 0 aliphatic carbocycles. The molecule has 3 aromatic rings. The van der Waals surface area contributed by atoms with E-state index >= 15 is 0 Å². The van der Waals surface area contributed by atoms with Crippen LogP contribution in [0.5, 0.6) is 0 Å². The maximum Gasteiger partial charge on any atom is 0.418 e. The first-order valence-corrected chi connectivity index (χ1v) is 6.56. The van der Waals surface area contributed by atoms with Gasteiger partial charge in [0.1, 0.15) is 0 Å². The number of alkyl halides is 3. The lowest BCUT2D eigenvalue weighted by molar-refractivity contribution is -0.137. The van der Waals surface area contributed by atoms with E-state index in [1.807, 2.05) is 0 Å². The molecule has 0 N–H and O–H groups in total. The van der Waals surface area contributed by atoms with Gasteiger partial charge in [0.05, 0.1) is 16.8 Å². The van der Waals surface area contributed by atoms with Gasteiger partial charge in [-0.3, -0.25) is 0 Å². The second-order valence-corrected chi connectivity index (χ2v) is 5.02. The van der Waals surface area contributed by atoms with Crippen LogP contribution in [0.1, 0.15) is 5.56 Å². The molecular formula is C16H9ClF3N. The molecule has 0 radical (unpaired) electrons. The molecule has 0 atom stereocenters. The van der Waals surface area contributed by atoms with Gasteiger partial charge in [-0.1, -0.05) is 41.9 Å². The van der Waals surface area contributed by atoms with Crippen molar-refractivity contribution in [2.24, 2.45) is 0 Å². The highest BCUT2D eigenvalue weighted by atomic mass is 35.5. The largest absolute Gasteiger partial charge is 0.418 e. The summed E-state index contributed by atoms with van der Waals surface area (Å²) in [6.45, 7) is 0. The minimum Gasteiger partial charge on any atom is -0.247 e. The molecule has 3 rings (SSSR count). The topological polar surface area (TPSA) is 12.9 Å². The second kappa shape index (κ2) is 5.04. The van der Waals surface area contributed by atoms with Crippen LogP contribution in [0.2, 0.25) is 5.02 Å². The average molecular weight is 308 g/mol. The Kier molecular flexibility index (Phi) is 3.33. The lowest BCUT2D eigenvalue weighted by Gasteiger charge is -2.13. The number of para-hydroxylation sites is 1. The molecule has 0 amide bonds. The van der Waals surface area contributed by atoms with Crippen molar-refractivity contribution >= 4 is 22.5 Å². The smallest absolute Gasteiger partial charge is 0.247 e. The molecule has 1 heterocycles. The van der Waals surface area contributed by atoms with Gasteiger partial charge in [-0.25, -0.2) is 4.98 Å². The number of halogens is 4. The molecule has 106 valence electrons. The Labute approximate surface area is 124 Å². The highest BCUT2D eigenvalue weighted by Gasteiger charge is 2.35. The van der Waals surface area contributed by atoms with Crippen molar-refractivity contribution in [3.05, 3.63) is 65.2 Å². The summed E-state index contributed by atoms with van der Waals surface area (Å²) in [5, 5.41) is 0.825. The summed E-state index contributed by atoms with van der Waals surface area (Å²) in [4.78, 5) is 4.17. The number of hydrogen-bond acceptors (Lipinski definition) is 1. The van der Waals surface area contributed by atoms with Crippen LogP contribution in [0.25, 0.3) is 22.2 Å². The zero-order valence-corrected chi connectivity index (χ0v) is 11.4. The van der Waals surface area contributed by atoms with E-state index in [0.717, 1.165) is 6.07 Å². The van der Waals surface area contributed by atoms with Crippen LogP contribution in [-0.2, 0) is 6.18 Å². The Morgan fingerprint density at radius 3 is 2.38 bits per heavy atom. The van der Waals surface area contributed by atoms with Crippen molar-refractivity contribution < 1.29 is 13.2 Å². The molecule has 5 heteroatoms. The molecule has 0 saturated heterocycles. The van der Waals surface area contributed by atoms with E-state index < -0.39 is 11.7 Å². The fourth-order valence-corrected chi connectivity index (χ4v) is 2.38. The molecule has 2 aromatic carbocycles. The quantitative estimate of drug-likeness (QED) is 0.572. The minimum atomic E-state index is -4.48. The van der Waals surface area contributed by atoms with E-state index in [1.165, 1.54) is 6.07 Å². The number of nitrogens with zero attached hydrogens (tertiary/aromatic N) is 1. The lowest BCUT2D eigenvalue weighted by atomic mass is 10.0. The summed E-state index contributed by atoms with van der Waals surface area (Å²) in [5.74, 6) is 0. The third-order valence-electron chi connectivity index (χ3n) is 3.13. The molecule has 0 fully saturated rings. The van der Waals surface area contributed by atoms with Gasteiger partial charge in [-0.2, -0.15) is 13.2 Å². The molecule has 0 saturated carbocycles. The van der Waals surface area contributed by atoms with Crippen molar-refractivity contribution in [2.45, 2.75) is 6.18 Å². The monoisotopic (exact) mass is 307 g/mol. The number of hydrogen-bond donors (Lipinski definition) is 0. The van der Waals surface area contributed by atoms with Gasteiger partial charge in [0.15, 0.2) is 0 Å². The number of pyridine rings is 1. The van der Waals surface area contributed by atoms with Crippen LogP contribution in [0.15, 0.2) is 54.6 Å². The van der Waals surface area contributed by atoms with E-state index in [9.17, 15) is 13.2 Å². The van der Waals surface area contributed by atoms with Crippen LogP contribution < -0.4 is 0 Å². The standard InChI is InChI=1S/C16H9ClF3N/c17-12-6-3-5-11(8-12)15-13(16(18,19)20)9-10-4-1-2-7-14(10)21-15/h1-9H. The Bertz CT molecular complexity index is 812. The highest BCUT2D eigenvalue weighted by molar-refractivity contribution is 6.30. The van der Waals surface area contributed by atoms with Crippen LogP contribution >= 0.6 is 11.6 Å². The highest BCUT2D eigenvalue weighted by Crippen LogP contribution is 2.38. The summed E-state index contributed by atoms with van der Waals surface area (Å²) < 4.78 is 39.9. The SMILES string of the molecule is FC(F)(F)c1cc2ccccc2nc1-c1cccc(Cl)c1. The third kappa shape index (κ3) is 2.72. The molecule has 0 aliphatic rings. The van der Waals surface area contributed by atoms with Gasteiger partial charge < -0.3 is 0 Å². The maximum atomic E-state index is 13.3. The van der Waals surface area contributed by atoms with E-state index in [-0.39, 0.29) is 5.69 Å². The predicted octanol–water partition coefficient (Wildman–Crippen LogP) is 5.57. The van der Waals surface area contributed by atoms with Crippen LogP contribution in [0.4, 0.5) is 13.2 Å². The first kappa shape index (κ1) is 13.9. The molecule has 0 aliphatic heterocycles. The predicted molar refractivity (Wildman–Crippen MR) is 77.2 cm³/mol. The fourth-order valence-electron chi connectivity index (χ4n) is 2.19. The zero-order chi connectivity index (χ0) is 15.0. The van der Waals surface area contributed by atoms with Gasteiger partial charge in [0.25, 0.3) is 0 Å². The summed E-state index contributed by atoms with van der Waals surface area (Å²) in [6.07, 6.45) is -4.48. The zero-order valence-electron chi connectivity index (χ0n) is 10.7. The molecule has 21 heavy (non-hydrogen) atoms. The third-order valence-corrected chi connectivity index (χ3v) is 3.36. The molecule has 0 spiro atoms. The van der Waals surface area contributed by atoms with Crippen LogP contribution in [0, 0.1) is 0 Å². The maximum absolute atomic E-state index is 13.3. The van der Waals surface area contributed by atoms with Crippen molar-refractivity contribution in [1.29, 1.82) is 0 Å². The summed E-state index contributed by atoms with van der Waals surface area (Å²) in [7, 11) is 0. The summed E-state index contributed by atoms with van der Waals surface area (Å²) in [6, 6.07) is 14.1. The van der Waals surface area contributed by atoms with E-state index in [0.29, 0.717) is 21.5 Å². The van der Waals surface area contributed by atoms with Crippen molar-refractivity contribution in [1.82, 2.24) is 4.98 Å². The Morgan fingerprint density at radius 1 is 0.905 bits per heavy atom. The van der Waals surface area contributed by atoms with E-state index in [2.05, 4.69) is 4.98 Å². The molecule has 0 unspecified atom stereocenters. The first-order chi connectivity index (χ1) is 9.95. The molecule has 1 aromatic heterocycles. The van der Waals surface area contributed by atoms with Gasteiger partial charge in [0.2, 0.25) is 0 Å². The van der Waals surface area contributed by atoms with Gasteiger partial charge in [0, 0.05) is 16.0 Å². The summed E-state index contributed by atoms with van der Waals surface area (Å²) >= 11 is 5.87. The Balaban J connectivity index is 2.33. The number of aromatic nitrogens is 1. The normalized spacial score (nSPS) is 11.8. The van der Waals surface area contributed by atoms with Crippen LogP contribution in [0.3, 0.4) is 0 Å². The number of benzene rings is 2. The lowest BCUT2D eigenvalue weighted by Crippen LogP contribution is -2.08. The number of rotatable bonds is 1. The van der Waals surface area contributed by atoms with Gasteiger partial charge in [-0.15, -0.1) is 0 Å². The van der Waals surface area contributed by atoms with E-state index in [4.69, 9.17) is 11.6 Å². The minimum absolute atomic E-state index is 0.108. The molecule has 0 bridgehead atoms. The van der Waals surface area contributed by atoms with Gasteiger partial charge in [-0.05, 0) is 24.3 Å². The van der Waals surface area contributed by atoms with Crippen molar-refractivity contribution in [2.75, 3.05) is 0 Å². The summed E-state index contributed by atoms with van der Waals surface area (Å²) in [5.41, 5.74) is -0.00628. The average Bonchev–Trinajstić information content (AvgIpc) is 2.45. The first-order valence-electron chi connectivity index (χ1n) is 6.18. The number of fused-ring (bicyclic) bond motifs is 1. The second-order valence-electron chi connectivity index (χ2n) is 4.59. The van der Waals surface area contributed by atoms with Crippen molar-refractivity contribution in [3.8, 4) is 11.3 Å². The molecular weight excluding hydrogens is 299 g/mol. The van der Waals surface area contributed by atoms with Crippen molar-refractivity contribution in [3.63, 3.8) is 0 Å². The van der Waals surface area contributed by atoms with Crippen LogP contribution in [-0.4, -0.2) is 4.98 Å². The Hall–Kier alpha value is -2.07. The van der Waals surface area contributed by atoms with E-state index in [1.54, 1.807) is 42.5 Å². The van der Waals surface area contributed by atoms with Gasteiger partial charge >= 0.3 is 6.18 Å².